The predicted molar refractivity (Wildman–Crippen MR) is 35.9 cm³/mol. The molecule has 0 amide bonds. The van der Waals surface area contributed by atoms with Crippen LogP contribution in [-0.4, -0.2) is 32.1 Å². The van der Waals surface area contributed by atoms with Crippen molar-refractivity contribution in [3.63, 3.8) is 0 Å². The lowest BCUT2D eigenvalue weighted by molar-refractivity contribution is -0.153. The van der Waals surface area contributed by atoms with Crippen LogP contribution < -0.4 is 0 Å². The fourth-order valence-electron chi connectivity index (χ4n) is 1.03. The molecule has 62 valence electrons. The van der Waals surface area contributed by atoms with E-state index in [1.165, 1.54) is 7.11 Å². The molecule has 1 atom stereocenters. The maximum absolute atomic E-state index is 10.9. The molecule has 0 N–H and O–H groups in total. The molecule has 0 spiro atoms. The minimum Gasteiger partial charge on any atom is -0.469 e. The van der Waals surface area contributed by atoms with Gasteiger partial charge in [-0.25, -0.2) is 0 Å². The fourth-order valence-corrected chi connectivity index (χ4v) is 1.03. The topological polar surface area (TPSA) is 52.6 Å². The van der Waals surface area contributed by atoms with Gasteiger partial charge in [0.25, 0.3) is 0 Å². The number of ketones is 1. The Hall–Kier alpha value is -0.900. The first-order chi connectivity index (χ1) is 5.24. The van der Waals surface area contributed by atoms with Crippen LogP contribution in [0.25, 0.3) is 0 Å². The maximum Gasteiger partial charge on any atom is 0.311 e. The molecule has 1 heterocycles. The minimum atomic E-state index is -0.388. The molecule has 0 aromatic rings. The second-order valence-corrected chi connectivity index (χ2v) is 2.48. The van der Waals surface area contributed by atoms with Crippen LogP contribution in [0.3, 0.4) is 0 Å². The lowest BCUT2D eigenvalue weighted by Gasteiger charge is -2.18. The van der Waals surface area contributed by atoms with Gasteiger partial charge in [0.1, 0.15) is 6.61 Å². The number of hydrogen-bond donors (Lipinski definition) is 0. The second kappa shape index (κ2) is 3.48. The van der Waals surface area contributed by atoms with Crippen molar-refractivity contribution >= 4 is 11.8 Å². The van der Waals surface area contributed by atoms with Crippen LogP contribution in [0.2, 0.25) is 0 Å². The van der Waals surface area contributed by atoms with E-state index < -0.39 is 0 Å². The molecule has 1 aliphatic heterocycles. The third-order valence-corrected chi connectivity index (χ3v) is 1.59. The monoisotopic (exact) mass is 158 g/mol. The van der Waals surface area contributed by atoms with Crippen molar-refractivity contribution in [3.05, 3.63) is 0 Å². The summed E-state index contributed by atoms with van der Waals surface area (Å²) >= 11 is 0. The summed E-state index contributed by atoms with van der Waals surface area (Å²) in [5.41, 5.74) is 0. The van der Waals surface area contributed by atoms with E-state index in [4.69, 9.17) is 4.74 Å². The van der Waals surface area contributed by atoms with Crippen molar-refractivity contribution in [2.45, 2.75) is 6.42 Å². The highest BCUT2D eigenvalue weighted by Crippen LogP contribution is 2.11. The van der Waals surface area contributed by atoms with Crippen LogP contribution >= 0.6 is 0 Å². The van der Waals surface area contributed by atoms with E-state index >= 15 is 0 Å². The number of methoxy groups -OCH3 is 1. The molecule has 0 saturated carbocycles. The van der Waals surface area contributed by atoms with E-state index in [9.17, 15) is 9.59 Å². The molecule has 11 heavy (non-hydrogen) atoms. The molecule has 4 nitrogen and oxygen atoms in total. The van der Waals surface area contributed by atoms with Crippen molar-refractivity contribution in [1.29, 1.82) is 0 Å². The Morgan fingerprint density at radius 2 is 2.45 bits per heavy atom. The summed E-state index contributed by atoms with van der Waals surface area (Å²) in [6.45, 7) is 0.436. The van der Waals surface area contributed by atoms with Gasteiger partial charge in [0.2, 0.25) is 0 Å². The van der Waals surface area contributed by atoms with Crippen molar-refractivity contribution in [3.8, 4) is 0 Å². The van der Waals surface area contributed by atoms with Crippen LogP contribution in [-0.2, 0) is 19.1 Å². The molecular formula is C7H10O4. The van der Waals surface area contributed by atoms with Gasteiger partial charge in [-0.3, -0.25) is 9.59 Å². The van der Waals surface area contributed by atoms with Gasteiger partial charge in [-0.1, -0.05) is 0 Å². The molecule has 4 heteroatoms. The van der Waals surface area contributed by atoms with E-state index in [1.54, 1.807) is 0 Å². The average molecular weight is 158 g/mol. The number of carbonyl (C=O) groups excluding carboxylic acids is 2. The third kappa shape index (κ3) is 2.01. The number of carbonyl (C=O) groups is 2. The summed E-state index contributed by atoms with van der Waals surface area (Å²) < 4.78 is 9.33. The van der Waals surface area contributed by atoms with Crippen molar-refractivity contribution < 1.29 is 19.1 Å². The first-order valence-electron chi connectivity index (χ1n) is 3.41. The van der Waals surface area contributed by atoms with Gasteiger partial charge in [0, 0.05) is 6.42 Å². The average Bonchev–Trinajstić information content (AvgIpc) is 2.03. The molecule has 0 bridgehead atoms. The molecule has 1 rings (SSSR count). The van der Waals surface area contributed by atoms with Gasteiger partial charge in [-0.15, -0.1) is 0 Å². The fraction of sp³-hybridized carbons (Fsp3) is 0.714. The SMILES string of the molecule is COC(=O)[C@@H]1COCC(=O)C1. The highest BCUT2D eigenvalue weighted by Gasteiger charge is 2.26. The largest absolute Gasteiger partial charge is 0.469 e. The van der Waals surface area contributed by atoms with Gasteiger partial charge in [0.15, 0.2) is 5.78 Å². The summed E-state index contributed by atoms with van der Waals surface area (Å²) in [4.78, 5) is 21.6. The van der Waals surface area contributed by atoms with E-state index in [0.717, 1.165) is 0 Å². The van der Waals surface area contributed by atoms with E-state index in [1.807, 2.05) is 0 Å². The van der Waals surface area contributed by atoms with Crippen molar-refractivity contribution in [2.75, 3.05) is 20.3 Å². The normalized spacial score (nSPS) is 24.8. The molecule has 0 unspecified atom stereocenters. The second-order valence-electron chi connectivity index (χ2n) is 2.48. The van der Waals surface area contributed by atoms with Gasteiger partial charge in [-0.05, 0) is 0 Å². The number of hydrogen-bond acceptors (Lipinski definition) is 4. The van der Waals surface area contributed by atoms with Crippen molar-refractivity contribution in [2.24, 2.45) is 5.92 Å². The molecule has 1 saturated heterocycles. The smallest absolute Gasteiger partial charge is 0.311 e. The summed E-state index contributed by atoms with van der Waals surface area (Å²) in [6, 6.07) is 0. The molecular weight excluding hydrogens is 148 g/mol. The summed E-state index contributed by atoms with van der Waals surface area (Å²) in [5, 5.41) is 0. The summed E-state index contributed by atoms with van der Waals surface area (Å²) in [7, 11) is 1.31. The Bertz CT molecular complexity index is 175. The molecule has 0 aromatic heterocycles. The quantitative estimate of drug-likeness (QED) is 0.494. The number of ether oxygens (including phenoxy) is 2. The van der Waals surface area contributed by atoms with Crippen LogP contribution in [0.15, 0.2) is 0 Å². The molecule has 0 radical (unpaired) electrons. The highest BCUT2D eigenvalue weighted by molar-refractivity contribution is 5.86. The number of rotatable bonds is 1. The van der Waals surface area contributed by atoms with Gasteiger partial charge >= 0.3 is 5.97 Å². The predicted octanol–water partition coefficient (Wildman–Crippen LogP) is -0.235. The summed E-state index contributed by atoms with van der Waals surface area (Å²) in [6.07, 6.45) is 0.257. The first-order valence-corrected chi connectivity index (χ1v) is 3.41. The highest BCUT2D eigenvalue weighted by atomic mass is 16.5. The Morgan fingerprint density at radius 3 is 3.00 bits per heavy atom. The maximum atomic E-state index is 10.9. The Morgan fingerprint density at radius 1 is 1.73 bits per heavy atom. The van der Waals surface area contributed by atoms with Crippen molar-refractivity contribution in [1.82, 2.24) is 0 Å². The van der Waals surface area contributed by atoms with Gasteiger partial charge < -0.3 is 9.47 Å². The minimum absolute atomic E-state index is 0.0355. The molecule has 0 aliphatic carbocycles. The van der Waals surface area contributed by atoms with Crippen LogP contribution in [0.1, 0.15) is 6.42 Å². The molecule has 0 aromatic carbocycles. The molecule has 1 aliphatic rings. The Labute approximate surface area is 64.5 Å². The Balaban J connectivity index is 2.45. The van der Waals surface area contributed by atoms with E-state index in [-0.39, 0.29) is 30.7 Å². The van der Waals surface area contributed by atoms with Crippen LogP contribution in [0.4, 0.5) is 0 Å². The Kier molecular flexibility index (Phi) is 2.59. The van der Waals surface area contributed by atoms with Crippen LogP contribution in [0.5, 0.6) is 0 Å². The number of esters is 1. The lowest BCUT2D eigenvalue weighted by Crippen LogP contribution is -2.31. The van der Waals surface area contributed by atoms with E-state index in [2.05, 4.69) is 4.74 Å². The standard InChI is InChI=1S/C7H10O4/c1-10-7(9)5-2-6(8)4-11-3-5/h5H,2-4H2,1H3/t5-/m0/s1. The van der Waals surface area contributed by atoms with Gasteiger partial charge in [0.05, 0.1) is 19.6 Å². The van der Waals surface area contributed by atoms with Crippen LogP contribution in [0, 0.1) is 5.92 Å². The zero-order valence-corrected chi connectivity index (χ0v) is 6.33. The first kappa shape index (κ1) is 8.20. The number of Topliss-reactive ketones (excluding diaryl/α,β-unsaturated/α-hetero) is 1. The third-order valence-electron chi connectivity index (χ3n) is 1.59. The van der Waals surface area contributed by atoms with Gasteiger partial charge in [-0.2, -0.15) is 0 Å². The molecule has 1 fully saturated rings. The van der Waals surface area contributed by atoms with E-state index in [0.29, 0.717) is 6.61 Å². The zero-order valence-electron chi connectivity index (χ0n) is 6.33. The zero-order chi connectivity index (χ0) is 8.27. The lowest BCUT2D eigenvalue weighted by atomic mass is 10.0. The summed E-state index contributed by atoms with van der Waals surface area (Å²) in [5.74, 6) is -0.786.